The Morgan fingerprint density at radius 1 is 1.28 bits per heavy atom. The number of aliphatic hydroxyl groups is 1. The predicted octanol–water partition coefficient (Wildman–Crippen LogP) is 3.79. The molecule has 0 saturated carbocycles. The average molecular weight is 399 g/mol. The fourth-order valence-corrected chi connectivity index (χ4v) is 3.55. The van der Waals surface area contributed by atoms with Crippen LogP contribution in [0, 0.1) is 11.3 Å². The smallest absolute Gasteiger partial charge is 0.415 e. The second kappa shape index (κ2) is 10.6. The number of rotatable bonds is 10. The zero-order valence-corrected chi connectivity index (χ0v) is 16.8. The lowest BCUT2D eigenvalue weighted by Gasteiger charge is -2.31. The van der Waals surface area contributed by atoms with E-state index in [1.54, 1.807) is 17.1 Å². The highest BCUT2D eigenvalue weighted by Crippen LogP contribution is 2.29. The quantitative estimate of drug-likeness (QED) is 0.460. The third-order valence-corrected chi connectivity index (χ3v) is 5.17. The molecule has 1 aromatic carbocycles. The first-order valence-corrected chi connectivity index (χ1v) is 9.98. The molecule has 0 spiro atoms. The Kier molecular flexibility index (Phi) is 8.22. The fraction of sp³-hybridized carbons (Fsp3) is 0.500. The van der Waals surface area contributed by atoms with E-state index in [1.807, 2.05) is 37.3 Å². The molecule has 1 aliphatic heterocycles. The van der Waals surface area contributed by atoms with E-state index in [2.05, 4.69) is 6.07 Å². The number of hydrogen-bond donors (Lipinski definition) is 2. The van der Waals surface area contributed by atoms with E-state index >= 15 is 0 Å². The lowest BCUT2D eigenvalue weighted by molar-refractivity contribution is 0.152. The summed E-state index contributed by atoms with van der Waals surface area (Å²) in [6.07, 6.45) is 5.71. The van der Waals surface area contributed by atoms with Gasteiger partial charge >= 0.3 is 12.1 Å². The van der Waals surface area contributed by atoms with Crippen molar-refractivity contribution in [1.82, 2.24) is 9.80 Å². The molecule has 0 aromatic heterocycles. The van der Waals surface area contributed by atoms with Gasteiger partial charge in [-0.25, -0.2) is 14.5 Å². The molecule has 1 unspecified atom stereocenters. The first kappa shape index (κ1) is 22.4. The number of aliphatic hydroxyl groups excluding tert-OH is 1. The number of benzene rings is 1. The molecule has 2 atom stereocenters. The van der Waals surface area contributed by atoms with E-state index in [0.717, 1.165) is 36.1 Å². The van der Waals surface area contributed by atoms with Crippen LogP contribution in [0.3, 0.4) is 0 Å². The van der Waals surface area contributed by atoms with Gasteiger partial charge in [0.25, 0.3) is 0 Å². The van der Waals surface area contributed by atoms with Crippen molar-refractivity contribution in [2.45, 2.75) is 57.1 Å². The first-order valence-electron chi connectivity index (χ1n) is 9.98. The number of amides is 3. The van der Waals surface area contributed by atoms with Gasteiger partial charge in [0.05, 0.1) is 24.3 Å². The van der Waals surface area contributed by atoms with Gasteiger partial charge in [-0.3, -0.25) is 0 Å². The number of hydrogen-bond acceptors (Lipinski definition) is 4. The summed E-state index contributed by atoms with van der Waals surface area (Å²) in [6.45, 7) is 2.28. The van der Waals surface area contributed by atoms with Gasteiger partial charge in [-0.05, 0) is 25.3 Å². The van der Waals surface area contributed by atoms with Gasteiger partial charge in [0.15, 0.2) is 0 Å². The number of carboxylic acid groups (broad SMARTS) is 1. The highest BCUT2D eigenvalue weighted by molar-refractivity contribution is 5.93. The summed E-state index contributed by atoms with van der Waals surface area (Å²) < 4.78 is 0. The Hall–Kier alpha value is -2.85. The third kappa shape index (κ3) is 6.33. The van der Waals surface area contributed by atoms with Crippen LogP contribution in [-0.4, -0.2) is 56.9 Å². The molecular weight excluding hydrogens is 370 g/mol. The Morgan fingerprint density at radius 2 is 1.97 bits per heavy atom. The average Bonchev–Trinajstić information content (AvgIpc) is 2.95. The number of urea groups is 1. The van der Waals surface area contributed by atoms with Crippen molar-refractivity contribution in [2.75, 3.05) is 13.1 Å². The molecule has 1 aliphatic rings. The van der Waals surface area contributed by atoms with Crippen LogP contribution in [0.1, 0.15) is 44.6 Å². The third-order valence-electron chi connectivity index (χ3n) is 5.17. The number of imide groups is 1. The second-order valence-electron chi connectivity index (χ2n) is 7.60. The van der Waals surface area contributed by atoms with Crippen LogP contribution in [0.25, 0.3) is 0 Å². The Balaban J connectivity index is 2.02. The van der Waals surface area contributed by atoms with E-state index in [1.165, 1.54) is 0 Å². The zero-order chi connectivity index (χ0) is 21.3. The minimum Gasteiger partial charge on any atom is -0.465 e. The van der Waals surface area contributed by atoms with Crippen molar-refractivity contribution in [2.24, 2.45) is 0 Å². The Morgan fingerprint density at radius 3 is 2.62 bits per heavy atom. The van der Waals surface area contributed by atoms with Gasteiger partial charge in [-0.2, -0.15) is 5.26 Å². The number of carbonyl (C=O) groups is 2. The maximum atomic E-state index is 12.6. The van der Waals surface area contributed by atoms with E-state index in [4.69, 9.17) is 5.26 Å². The highest BCUT2D eigenvalue weighted by Gasteiger charge is 2.47. The number of nitrogens with zero attached hydrogens (tertiary/aromatic N) is 3. The molecule has 0 aliphatic carbocycles. The summed E-state index contributed by atoms with van der Waals surface area (Å²) in [5.74, 6) is 0. The molecule has 156 valence electrons. The van der Waals surface area contributed by atoms with Crippen molar-refractivity contribution in [3.8, 4) is 6.07 Å². The second-order valence-corrected chi connectivity index (χ2v) is 7.60. The Labute approximate surface area is 171 Å². The van der Waals surface area contributed by atoms with Crippen molar-refractivity contribution in [1.29, 1.82) is 5.26 Å². The zero-order valence-electron chi connectivity index (χ0n) is 16.8. The molecular formula is C22H29N3O4. The maximum Gasteiger partial charge on any atom is 0.415 e. The number of carbonyl (C=O) groups excluding carboxylic acids is 1. The minimum absolute atomic E-state index is 0.0319. The summed E-state index contributed by atoms with van der Waals surface area (Å²) in [5, 5.41) is 28.3. The molecule has 7 nitrogen and oxygen atoms in total. The molecule has 3 amide bonds. The van der Waals surface area contributed by atoms with Gasteiger partial charge in [-0.1, -0.05) is 55.3 Å². The molecule has 0 radical (unpaired) electrons. The molecule has 2 rings (SSSR count). The van der Waals surface area contributed by atoms with E-state index in [0.29, 0.717) is 19.4 Å². The van der Waals surface area contributed by atoms with Crippen molar-refractivity contribution in [3.05, 3.63) is 48.0 Å². The van der Waals surface area contributed by atoms with Crippen molar-refractivity contribution < 1.29 is 19.8 Å². The SMILES string of the molecule is C[C@]1(C=CC(O)Cc2ccccc2)CN(C(=O)O)C(=O)N1CCCCCCC#N. The highest BCUT2D eigenvalue weighted by atomic mass is 16.4. The molecule has 1 fully saturated rings. The normalized spacial score (nSPS) is 20.2. The van der Waals surface area contributed by atoms with Crippen LogP contribution >= 0.6 is 0 Å². The summed E-state index contributed by atoms with van der Waals surface area (Å²) in [6, 6.07) is 11.2. The van der Waals surface area contributed by atoms with Gasteiger partial charge in [0.2, 0.25) is 0 Å². The van der Waals surface area contributed by atoms with Crippen LogP contribution in [0.4, 0.5) is 9.59 Å². The minimum atomic E-state index is -1.27. The van der Waals surface area contributed by atoms with Crippen molar-refractivity contribution in [3.63, 3.8) is 0 Å². The molecule has 1 aromatic rings. The van der Waals surface area contributed by atoms with Crippen LogP contribution < -0.4 is 0 Å². The van der Waals surface area contributed by atoms with E-state index < -0.39 is 23.8 Å². The van der Waals surface area contributed by atoms with Gasteiger partial charge in [0, 0.05) is 19.4 Å². The summed E-state index contributed by atoms with van der Waals surface area (Å²) in [4.78, 5) is 26.4. The molecule has 1 heterocycles. The van der Waals surface area contributed by atoms with Crippen LogP contribution in [0.5, 0.6) is 0 Å². The topological polar surface area (TPSA) is 105 Å². The number of unbranched alkanes of at least 4 members (excludes halogenated alkanes) is 4. The Bertz CT molecular complexity index is 759. The molecule has 29 heavy (non-hydrogen) atoms. The monoisotopic (exact) mass is 399 g/mol. The summed E-state index contributed by atoms with van der Waals surface area (Å²) in [5.41, 5.74) is 0.193. The van der Waals surface area contributed by atoms with Crippen molar-refractivity contribution >= 4 is 12.1 Å². The van der Waals surface area contributed by atoms with E-state index in [9.17, 15) is 19.8 Å². The lowest BCUT2D eigenvalue weighted by atomic mass is 9.98. The number of nitriles is 1. The predicted molar refractivity (Wildman–Crippen MR) is 109 cm³/mol. The first-order chi connectivity index (χ1) is 13.9. The van der Waals surface area contributed by atoms with Gasteiger partial charge < -0.3 is 15.1 Å². The summed E-state index contributed by atoms with van der Waals surface area (Å²) in [7, 11) is 0. The largest absolute Gasteiger partial charge is 0.465 e. The standard InChI is InChI=1S/C22H29N3O4/c1-22(13-12-19(26)16-18-10-6-5-7-11-18)17-24(21(28)29)20(27)25(22)15-9-4-2-3-8-14-23/h5-7,10-13,19,26H,2-4,8-9,15-17H2,1H3,(H,28,29)/t19?,22-/m0/s1. The van der Waals surface area contributed by atoms with Crippen LogP contribution in [0.15, 0.2) is 42.5 Å². The van der Waals surface area contributed by atoms with E-state index in [-0.39, 0.29) is 6.54 Å². The maximum absolute atomic E-state index is 12.6. The summed E-state index contributed by atoms with van der Waals surface area (Å²) >= 11 is 0. The molecule has 7 heteroatoms. The molecule has 2 N–H and O–H groups in total. The van der Waals surface area contributed by atoms with Gasteiger partial charge in [0.1, 0.15) is 0 Å². The van der Waals surface area contributed by atoms with Gasteiger partial charge in [-0.15, -0.1) is 0 Å². The fourth-order valence-electron chi connectivity index (χ4n) is 3.55. The lowest BCUT2D eigenvalue weighted by Crippen LogP contribution is -2.43. The molecule has 1 saturated heterocycles. The van der Waals surface area contributed by atoms with Crippen LogP contribution in [0.2, 0.25) is 0 Å². The van der Waals surface area contributed by atoms with Crippen LogP contribution in [-0.2, 0) is 6.42 Å². The molecule has 0 bridgehead atoms.